The average Bonchev–Trinajstić information content (AvgIpc) is 2.63. The van der Waals surface area contributed by atoms with Crippen molar-refractivity contribution >= 4 is 22.6 Å². The molecule has 1 heterocycles. The predicted molar refractivity (Wildman–Crippen MR) is 64.2 cm³/mol. The first-order chi connectivity index (χ1) is 7.65. The van der Waals surface area contributed by atoms with Gasteiger partial charge >= 0.3 is 6.03 Å². The first-order valence-electron chi connectivity index (χ1n) is 4.96. The maximum Gasteiger partial charge on any atom is 0.335 e. The Kier molecular flexibility index (Phi) is 2.54. The summed E-state index contributed by atoms with van der Waals surface area (Å²) in [4.78, 5) is 16.2. The first kappa shape index (κ1) is 10.5. The zero-order chi connectivity index (χ0) is 11.7. The maximum absolute atomic E-state index is 11.5. The fourth-order valence-corrected chi connectivity index (χ4v) is 1.89. The summed E-state index contributed by atoms with van der Waals surface area (Å²) < 4.78 is 0. The Labute approximate surface area is 93.2 Å². The molecule has 2 aromatic rings. The van der Waals surface area contributed by atoms with E-state index in [1.165, 1.54) is 4.90 Å². The van der Waals surface area contributed by atoms with E-state index in [1.807, 2.05) is 31.2 Å². The summed E-state index contributed by atoms with van der Waals surface area (Å²) in [5.74, 6) is 5.12. The second kappa shape index (κ2) is 3.86. The van der Waals surface area contributed by atoms with Gasteiger partial charge in [0.15, 0.2) is 0 Å². The lowest BCUT2D eigenvalue weighted by molar-refractivity contribution is 0.248. The van der Waals surface area contributed by atoms with Crippen molar-refractivity contribution < 1.29 is 4.79 Å². The molecule has 2 amide bonds. The number of rotatable bonds is 1. The molecule has 0 aliphatic carbocycles. The highest BCUT2D eigenvalue weighted by molar-refractivity contribution is 6.03. The number of hydrogen-bond donors (Lipinski definition) is 3. The number of nitrogens with zero attached hydrogens (tertiary/aromatic N) is 1. The number of carbonyl (C=O) groups excluding carboxylic acids is 1. The van der Waals surface area contributed by atoms with Crippen LogP contribution >= 0.6 is 0 Å². The molecule has 0 atom stereocenters. The Balaban J connectivity index is 2.59. The van der Waals surface area contributed by atoms with Crippen LogP contribution in [0.15, 0.2) is 24.3 Å². The fraction of sp³-hybridized carbons (Fsp3) is 0.182. The smallest absolute Gasteiger partial charge is 0.335 e. The topological polar surface area (TPSA) is 74.2 Å². The lowest BCUT2D eigenvalue weighted by Gasteiger charge is -2.16. The van der Waals surface area contributed by atoms with Crippen molar-refractivity contribution in [3.8, 4) is 0 Å². The highest BCUT2D eigenvalue weighted by Gasteiger charge is 2.16. The van der Waals surface area contributed by atoms with E-state index < -0.39 is 0 Å². The zero-order valence-electron chi connectivity index (χ0n) is 9.24. The van der Waals surface area contributed by atoms with Gasteiger partial charge in [-0.15, -0.1) is 0 Å². The van der Waals surface area contributed by atoms with E-state index >= 15 is 0 Å². The van der Waals surface area contributed by atoms with Gasteiger partial charge in [0, 0.05) is 23.6 Å². The number of nitrogens with two attached hydrogens (primary N) is 1. The molecular formula is C11H14N4O. The van der Waals surface area contributed by atoms with Crippen LogP contribution in [0.2, 0.25) is 0 Å². The highest BCUT2D eigenvalue weighted by Crippen LogP contribution is 2.29. The molecule has 0 unspecified atom stereocenters. The van der Waals surface area contributed by atoms with Crippen molar-refractivity contribution in [1.29, 1.82) is 0 Å². The number of fused-ring (bicyclic) bond motifs is 1. The number of nitrogens with one attached hydrogen (secondary N) is 2. The Morgan fingerprint density at radius 1 is 1.44 bits per heavy atom. The quantitative estimate of drug-likeness (QED) is 0.385. The molecule has 0 fully saturated rings. The molecule has 0 aliphatic rings. The van der Waals surface area contributed by atoms with E-state index in [2.05, 4.69) is 10.4 Å². The summed E-state index contributed by atoms with van der Waals surface area (Å²) in [6.07, 6.45) is 0. The van der Waals surface area contributed by atoms with E-state index in [4.69, 9.17) is 5.84 Å². The molecule has 4 N–H and O–H groups in total. The number of carbonyl (C=O) groups is 1. The summed E-state index contributed by atoms with van der Waals surface area (Å²) >= 11 is 0. The molecule has 0 saturated heterocycles. The fourth-order valence-electron chi connectivity index (χ4n) is 1.89. The molecule has 2 rings (SSSR count). The lowest BCUT2D eigenvalue weighted by Crippen LogP contribution is -2.41. The number of para-hydroxylation sites is 1. The van der Waals surface area contributed by atoms with Gasteiger partial charge < -0.3 is 4.98 Å². The van der Waals surface area contributed by atoms with Crippen molar-refractivity contribution in [3.05, 3.63) is 30.0 Å². The number of amides is 2. The van der Waals surface area contributed by atoms with Crippen LogP contribution in [0.3, 0.4) is 0 Å². The minimum Gasteiger partial charge on any atom is -0.357 e. The maximum atomic E-state index is 11.5. The van der Waals surface area contributed by atoms with Crippen LogP contribution in [0.4, 0.5) is 10.5 Å². The summed E-state index contributed by atoms with van der Waals surface area (Å²) in [5.41, 5.74) is 4.91. The van der Waals surface area contributed by atoms with Gasteiger partial charge in [0.05, 0.1) is 5.69 Å². The Morgan fingerprint density at radius 2 is 2.12 bits per heavy atom. The second-order valence-electron chi connectivity index (χ2n) is 3.65. The van der Waals surface area contributed by atoms with Gasteiger partial charge in [0.1, 0.15) is 0 Å². The van der Waals surface area contributed by atoms with Gasteiger partial charge in [-0.3, -0.25) is 10.3 Å². The first-order valence-corrected chi connectivity index (χ1v) is 4.96. The molecule has 84 valence electrons. The van der Waals surface area contributed by atoms with Gasteiger partial charge in [-0.05, 0) is 13.0 Å². The minimum atomic E-state index is -0.340. The van der Waals surface area contributed by atoms with E-state index in [0.717, 1.165) is 22.3 Å². The van der Waals surface area contributed by atoms with Crippen molar-refractivity contribution in [3.63, 3.8) is 0 Å². The van der Waals surface area contributed by atoms with Crippen LogP contribution in [0.1, 0.15) is 5.69 Å². The number of aryl methyl sites for hydroxylation is 1. The minimum absolute atomic E-state index is 0.340. The number of hydrazine groups is 1. The van der Waals surface area contributed by atoms with Crippen LogP contribution in [0.5, 0.6) is 0 Å². The van der Waals surface area contributed by atoms with Crippen molar-refractivity contribution in [1.82, 2.24) is 10.4 Å². The van der Waals surface area contributed by atoms with Gasteiger partial charge in [0.2, 0.25) is 0 Å². The van der Waals surface area contributed by atoms with E-state index in [9.17, 15) is 4.79 Å². The van der Waals surface area contributed by atoms with Crippen molar-refractivity contribution in [2.45, 2.75) is 6.92 Å². The second-order valence-corrected chi connectivity index (χ2v) is 3.65. The number of aromatic amines is 1. The number of H-pyrrole nitrogens is 1. The average molecular weight is 218 g/mol. The number of anilines is 1. The number of hydrogen-bond acceptors (Lipinski definition) is 2. The third-order valence-electron chi connectivity index (χ3n) is 2.62. The standard InChI is InChI=1S/C11H14N4O/c1-7-10(15(2)11(16)14-12)8-5-3-4-6-9(8)13-7/h3-6,13H,12H2,1-2H3,(H,14,16). The van der Waals surface area contributed by atoms with Gasteiger partial charge in [-0.2, -0.15) is 0 Å². The Bertz CT molecular complexity index is 532. The molecule has 0 bridgehead atoms. The van der Waals surface area contributed by atoms with E-state index in [0.29, 0.717) is 0 Å². The molecule has 1 aromatic heterocycles. The number of aromatic nitrogens is 1. The van der Waals surface area contributed by atoms with Gasteiger partial charge in [0.25, 0.3) is 0 Å². The lowest BCUT2D eigenvalue weighted by atomic mass is 10.2. The molecule has 0 saturated carbocycles. The molecule has 0 spiro atoms. The summed E-state index contributed by atoms with van der Waals surface area (Å²) in [6, 6.07) is 7.49. The highest BCUT2D eigenvalue weighted by atomic mass is 16.2. The van der Waals surface area contributed by atoms with Crippen LogP contribution in [0.25, 0.3) is 10.9 Å². The molecule has 0 radical (unpaired) electrons. The number of urea groups is 1. The predicted octanol–water partition coefficient (Wildman–Crippen LogP) is 1.50. The molecule has 1 aromatic carbocycles. The molecule has 16 heavy (non-hydrogen) atoms. The Morgan fingerprint density at radius 3 is 2.81 bits per heavy atom. The molecule has 5 nitrogen and oxygen atoms in total. The summed E-state index contributed by atoms with van der Waals surface area (Å²) in [5, 5.41) is 1.01. The van der Waals surface area contributed by atoms with Crippen molar-refractivity contribution in [2.75, 3.05) is 11.9 Å². The largest absolute Gasteiger partial charge is 0.357 e. The van der Waals surface area contributed by atoms with E-state index in [-0.39, 0.29) is 6.03 Å². The molecule has 0 aliphatic heterocycles. The summed E-state index contributed by atoms with van der Waals surface area (Å²) in [6.45, 7) is 1.93. The monoisotopic (exact) mass is 218 g/mol. The summed E-state index contributed by atoms with van der Waals surface area (Å²) in [7, 11) is 1.69. The normalized spacial score (nSPS) is 10.4. The zero-order valence-corrected chi connectivity index (χ0v) is 9.24. The van der Waals surface area contributed by atoms with Crippen molar-refractivity contribution in [2.24, 2.45) is 5.84 Å². The number of benzene rings is 1. The Hall–Kier alpha value is -2.01. The molecule has 5 heteroatoms. The molecular weight excluding hydrogens is 204 g/mol. The van der Waals surface area contributed by atoms with Crippen LogP contribution < -0.4 is 16.2 Å². The van der Waals surface area contributed by atoms with E-state index in [1.54, 1.807) is 7.05 Å². The van der Waals surface area contributed by atoms with Gasteiger partial charge in [-0.25, -0.2) is 10.6 Å². The van der Waals surface area contributed by atoms with Gasteiger partial charge in [-0.1, -0.05) is 18.2 Å². The third kappa shape index (κ3) is 1.51. The van der Waals surface area contributed by atoms with Crippen LogP contribution in [0, 0.1) is 6.92 Å². The third-order valence-corrected chi connectivity index (χ3v) is 2.62. The van der Waals surface area contributed by atoms with Crippen LogP contribution in [-0.2, 0) is 0 Å². The van der Waals surface area contributed by atoms with Crippen LogP contribution in [-0.4, -0.2) is 18.1 Å². The SMILES string of the molecule is Cc1[nH]c2ccccc2c1N(C)C(=O)NN.